The molecule has 0 radical (unpaired) electrons. The summed E-state index contributed by atoms with van der Waals surface area (Å²) >= 11 is 0. The Kier molecular flexibility index (Phi) is 7.46. The summed E-state index contributed by atoms with van der Waals surface area (Å²) < 4.78 is 6.89. The van der Waals surface area contributed by atoms with Gasteiger partial charge in [-0.05, 0) is 38.7 Å². The van der Waals surface area contributed by atoms with Crippen LogP contribution in [-0.2, 0) is 16.1 Å². The molecule has 31 heavy (non-hydrogen) atoms. The summed E-state index contributed by atoms with van der Waals surface area (Å²) in [7, 11) is 0. The quantitative estimate of drug-likeness (QED) is 0.628. The van der Waals surface area contributed by atoms with Crippen molar-refractivity contribution < 1.29 is 14.3 Å². The fourth-order valence-corrected chi connectivity index (χ4v) is 4.34. The fraction of sp³-hybridized carbons (Fsp3) is 0.583. The zero-order valence-electron chi connectivity index (χ0n) is 19.0. The van der Waals surface area contributed by atoms with E-state index in [9.17, 15) is 14.4 Å². The third-order valence-electron chi connectivity index (χ3n) is 5.87. The lowest BCUT2D eigenvalue weighted by atomic mass is 9.94. The van der Waals surface area contributed by atoms with Crippen molar-refractivity contribution in [3.63, 3.8) is 0 Å². The van der Waals surface area contributed by atoms with Gasteiger partial charge in [0.05, 0.1) is 5.39 Å². The topological polar surface area (TPSA) is 81.5 Å². The number of nitrogens with zero attached hydrogens (tertiary/aromatic N) is 3. The maximum absolute atomic E-state index is 13.0. The predicted octanol–water partition coefficient (Wildman–Crippen LogP) is 3.78. The van der Waals surface area contributed by atoms with Crippen LogP contribution in [0.15, 0.2) is 29.1 Å². The number of likely N-dealkylation sites (N-methyl/N-ethyl adjacent to an activating group) is 1. The summed E-state index contributed by atoms with van der Waals surface area (Å²) in [5.74, 6) is -0.679. The van der Waals surface area contributed by atoms with Gasteiger partial charge in [0.25, 0.3) is 11.5 Å². The lowest BCUT2D eigenvalue weighted by Crippen LogP contribution is -2.46. The molecular formula is C24H33N3O4. The van der Waals surface area contributed by atoms with Crippen LogP contribution < -0.4 is 5.56 Å². The fourth-order valence-electron chi connectivity index (χ4n) is 4.34. The Morgan fingerprint density at radius 2 is 1.77 bits per heavy atom. The first-order valence-corrected chi connectivity index (χ1v) is 11.3. The minimum Gasteiger partial charge on any atom is -0.448 e. The van der Waals surface area contributed by atoms with Crippen molar-refractivity contribution in [3.05, 3.63) is 40.3 Å². The number of hydrogen-bond acceptors (Lipinski definition) is 5. The molecule has 1 amide bonds. The second-order valence-electron chi connectivity index (χ2n) is 8.74. The van der Waals surface area contributed by atoms with Gasteiger partial charge in [-0.2, -0.15) is 5.10 Å². The molecule has 1 fully saturated rings. The van der Waals surface area contributed by atoms with E-state index in [1.165, 1.54) is 11.1 Å². The van der Waals surface area contributed by atoms with Crippen LogP contribution in [0.5, 0.6) is 0 Å². The number of rotatable bonds is 7. The first-order chi connectivity index (χ1) is 14.8. The van der Waals surface area contributed by atoms with Gasteiger partial charge < -0.3 is 9.64 Å². The summed E-state index contributed by atoms with van der Waals surface area (Å²) in [4.78, 5) is 40.7. The predicted molar refractivity (Wildman–Crippen MR) is 120 cm³/mol. The summed E-state index contributed by atoms with van der Waals surface area (Å²) in [5, 5.41) is 5.17. The monoisotopic (exact) mass is 427 g/mol. The van der Waals surface area contributed by atoms with E-state index in [1.807, 2.05) is 25.7 Å². The molecular weight excluding hydrogens is 394 g/mol. The van der Waals surface area contributed by atoms with Crippen molar-refractivity contribution in [2.45, 2.75) is 78.5 Å². The molecule has 1 heterocycles. The summed E-state index contributed by atoms with van der Waals surface area (Å²) in [6, 6.07) is 7.09. The van der Waals surface area contributed by atoms with Crippen molar-refractivity contribution in [3.8, 4) is 0 Å². The number of fused-ring (bicyclic) bond motifs is 1. The van der Waals surface area contributed by atoms with Crippen molar-refractivity contribution in [1.29, 1.82) is 0 Å². The molecule has 0 bridgehead atoms. The Labute approximate surface area is 183 Å². The van der Waals surface area contributed by atoms with E-state index in [2.05, 4.69) is 5.10 Å². The average molecular weight is 428 g/mol. The van der Waals surface area contributed by atoms with Crippen molar-refractivity contribution >= 4 is 22.6 Å². The lowest BCUT2D eigenvalue weighted by Gasteiger charge is -2.35. The van der Waals surface area contributed by atoms with Gasteiger partial charge in [-0.25, -0.2) is 9.48 Å². The van der Waals surface area contributed by atoms with E-state index in [1.54, 1.807) is 31.2 Å². The highest BCUT2D eigenvalue weighted by atomic mass is 16.5. The van der Waals surface area contributed by atoms with Crippen LogP contribution >= 0.6 is 0 Å². The highest BCUT2D eigenvalue weighted by molar-refractivity contribution is 6.02. The van der Waals surface area contributed by atoms with Crippen LogP contribution in [0.25, 0.3) is 10.8 Å². The van der Waals surface area contributed by atoms with Crippen LogP contribution in [-0.4, -0.2) is 45.2 Å². The van der Waals surface area contributed by atoms with Gasteiger partial charge >= 0.3 is 5.97 Å². The van der Waals surface area contributed by atoms with Crippen LogP contribution in [0.3, 0.4) is 0 Å². The SMILES string of the molecule is CCN(C(=O)[C@@H](C)OC(=O)c1nn(CC(C)C)c(=O)c2ccccc12)C1CCCCC1. The number of carbonyl (C=O) groups excluding carboxylic acids is 2. The molecule has 0 spiro atoms. The minimum absolute atomic E-state index is 0.0659. The van der Waals surface area contributed by atoms with E-state index in [0.29, 0.717) is 23.9 Å². The van der Waals surface area contributed by atoms with Crippen LogP contribution in [0, 0.1) is 5.92 Å². The van der Waals surface area contributed by atoms with E-state index in [-0.39, 0.29) is 29.1 Å². The van der Waals surface area contributed by atoms with Gasteiger partial charge in [0.1, 0.15) is 0 Å². The number of amides is 1. The van der Waals surface area contributed by atoms with E-state index in [0.717, 1.165) is 25.7 Å². The number of hydrogen-bond donors (Lipinski definition) is 0. The third kappa shape index (κ3) is 5.14. The molecule has 1 saturated carbocycles. The van der Waals surface area contributed by atoms with Crippen molar-refractivity contribution in [2.75, 3.05) is 6.54 Å². The Hall–Kier alpha value is -2.70. The number of aromatic nitrogens is 2. The molecule has 2 aromatic rings. The zero-order valence-corrected chi connectivity index (χ0v) is 19.0. The molecule has 7 heteroatoms. The molecule has 0 N–H and O–H groups in total. The van der Waals surface area contributed by atoms with Gasteiger partial charge in [-0.15, -0.1) is 0 Å². The normalized spacial score (nSPS) is 15.8. The maximum Gasteiger partial charge on any atom is 0.360 e. The van der Waals surface area contributed by atoms with E-state index >= 15 is 0 Å². The van der Waals surface area contributed by atoms with Gasteiger partial charge in [0.15, 0.2) is 11.8 Å². The van der Waals surface area contributed by atoms with Crippen LogP contribution in [0.2, 0.25) is 0 Å². The zero-order chi connectivity index (χ0) is 22.5. The smallest absolute Gasteiger partial charge is 0.360 e. The van der Waals surface area contributed by atoms with E-state index in [4.69, 9.17) is 4.74 Å². The summed E-state index contributed by atoms with van der Waals surface area (Å²) in [5.41, 5.74) is -0.171. The molecule has 0 unspecified atom stereocenters. The molecule has 1 aromatic carbocycles. The molecule has 0 aliphatic heterocycles. The maximum atomic E-state index is 13.0. The van der Waals surface area contributed by atoms with Gasteiger partial charge in [0.2, 0.25) is 0 Å². The highest BCUT2D eigenvalue weighted by Gasteiger charge is 2.30. The second kappa shape index (κ2) is 10.1. The average Bonchev–Trinajstić information content (AvgIpc) is 2.76. The Morgan fingerprint density at radius 1 is 1.13 bits per heavy atom. The number of carbonyl (C=O) groups is 2. The molecule has 168 valence electrons. The molecule has 1 aliphatic rings. The summed E-state index contributed by atoms with van der Waals surface area (Å²) in [6.45, 7) is 8.50. The largest absolute Gasteiger partial charge is 0.448 e. The molecule has 1 aromatic heterocycles. The number of esters is 1. The van der Waals surface area contributed by atoms with Crippen molar-refractivity contribution in [1.82, 2.24) is 14.7 Å². The van der Waals surface area contributed by atoms with Crippen LogP contribution in [0.4, 0.5) is 0 Å². The molecule has 7 nitrogen and oxygen atoms in total. The molecule has 1 atom stereocenters. The minimum atomic E-state index is -0.916. The first kappa shape index (κ1) is 23.0. The van der Waals surface area contributed by atoms with Gasteiger partial charge in [-0.1, -0.05) is 51.3 Å². The number of benzene rings is 1. The first-order valence-electron chi connectivity index (χ1n) is 11.3. The van der Waals surface area contributed by atoms with E-state index < -0.39 is 12.1 Å². The third-order valence-corrected chi connectivity index (χ3v) is 5.87. The Morgan fingerprint density at radius 3 is 2.39 bits per heavy atom. The number of ether oxygens (including phenoxy) is 1. The van der Waals surface area contributed by atoms with Crippen LogP contribution in [0.1, 0.15) is 70.3 Å². The van der Waals surface area contributed by atoms with Gasteiger partial charge in [0, 0.05) is 24.5 Å². The molecule has 0 saturated heterocycles. The molecule has 1 aliphatic carbocycles. The summed E-state index contributed by atoms with van der Waals surface area (Å²) in [6.07, 6.45) is 4.52. The molecule has 3 rings (SSSR count). The lowest BCUT2D eigenvalue weighted by molar-refractivity contribution is -0.142. The second-order valence-corrected chi connectivity index (χ2v) is 8.74. The standard InChI is InChI=1S/C24H33N3O4/c1-5-26(18-11-7-6-8-12-18)22(28)17(4)31-24(30)21-19-13-9-10-14-20(19)23(29)27(25-21)15-16(2)3/h9-10,13-14,16-18H,5-8,11-12,15H2,1-4H3/t17-/m1/s1. The Balaban J connectivity index is 1.86. The Bertz CT molecular complexity index is 992. The van der Waals surface area contributed by atoms with Crippen molar-refractivity contribution in [2.24, 2.45) is 5.92 Å². The van der Waals surface area contributed by atoms with Gasteiger partial charge in [-0.3, -0.25) is 9.59 Å². The highest BCUT2D eigenvalue weighted by Crippen LogP contribution is 2.24.